The fourth-order valence-corrected chi connectivity index (χ4v) is 3.48. The Morgan fingerprint density at radius 1 is 1.23 bits per heavy atom. The molecule has 9 heteroatoms. The molecule has 0 spiro atoms. The maximum Gasteiger partial charge on any atom is 0.416 e. The predicted octanol–water partition coefficient (Wildman–Crippen LogP) is 1.72. The topological polar surface area (TPSA) is 93.8 Å². The van der Waals surface area contributed by atoms with Crippen LogP contribution in [0.2, 0.25) is 0 Å². The number of esters is 1. The molecule has 3 rings (SSSR count). The normalized spacial score (nSPS) is 15.9. The molecule has 0 aliphatic carbocycles. The first-order valence-corrected chi connectivity index (χ1v) is 10.2. The van der Waals surface area contributed by atoms with Gasteiger partial charge in [0.15, 0.2) is 5.69 Å². The molecule has 0 fully saturated rings. The van der Waals surface area contributed by atoms with Crippen molar-refractivity contribution >= 4 is 18.1 Å². The Morgan fingerprint density at radius 3 is 2.58 bits per heavy atom. The van der Waals surface area contributed by atoms with E-state index in [1.807, 2.05) is 41.1 Å². The SMILES string of the molecule is COC(=O)[C@@H]1Cc2c[n+](Cc3ccccc3)cn2C(=O)N1CCNC(=O)OC(C)(C)C. The van der Waals surface area contributed by atoms with Crippen molar-refractivity contribution in [2.75, 3.05) is 20.2 Å². The fraction of sp³-hybridized carbons (Fsp3) is 0.455. The van der Waals surface area contributed by atoms with E-state index in [1.54, 1.807) is 27.1 Å². The first kappa shape index (κ1) is 22.3. The lowest BCUT2D eigenvalue weighted by atomic mass is 10.1. The molecule has 0 saturated carbocycles. The molecule has 1 aliphatic heterocycles. The summed E-state index contributed by atoms with van der Waals surface area (Å²) in [5, 5.41) is 2.62. The molecule has 2 amide bonds. The number of nitrogens with one attached hydrogen (secondary N) is 1. The number of aromatic nitrogens is 2. The summed E-state index contributed by atoms with van der Waals surface area (Å²) in [4.78, 5) is 38.8. The van der Waals surface area contributed by atoms with E-state index in [1.165, 1.54) is 16.6 Å². The summed E-state index contributed by atoms with van der Waals surface area (Å²) >= 11 is 0. The molecule has 1 aromatic heterocycles. The summed E-state index contributed by atoms with van der Waals surface area (Å²) < 4.78 is 13.6. The number of methoxy groups -OCH3 is 1. The smallest absolute Gasteiger partial charge is 0.416 e. The Morgan fingerprint density at radius 2 is 1.94 bits per heavy atom. The number of hydrogen-bond donors (Lipinski definition) is 1. The van der Waals surface area contributed by atoms with Crippen LogP contribution in [-0.2, 0) is 27.2 Å². The summed E-state index contributed by atoms with van der Waals surface area (Å²) in [7, 11) is 1.30. The van der Waals surface area contributed by atoms with Crippen LogP contribution in [0, 0.1) is 0 Å². The van der Waals surface area contributed by atoms with Gasteiger partial charge in [-0.05, 0) is 26.3 Å². The molecule has 0 radical (unpaired) electrons. The highest BCUT2D eigenvalue weighted by atomic mass is 16.6. The summed E-state index contributed by atoms with van der Waals surface area (Å²) in [5.74, 6) is -0.493. The molecule has 0 saturated heterocycles. The van der Waals surface area contributed by atoms with E-state index < -0.39 is 23.7 Å². The van der Waals surface area contributed by atoms with Crippen molar-refractivity contribution < 1.29 is 28.4 Å². The van der Waals surface area contributed by atoms with Crippen molar-refractivity contribution in [3.63, 3.8) is 0 Å². The molecule has 31 heavy (non-hydrogen) atoms. The number of hydrogen-bond acceptors (Lipinski definition) is 5. The van der Waals surface area contributed by atoms with Gasteiger partial charge in [-0.1, -0.05) is 30.3 Å². The molecular formula is C22H29N4O5+. The van der Waals surface area contributed by atoms with Crippen molar-refractivity contribution in [2.24, 2.45) is 0 Å². The Bertz CT molecular complexity index is 949. The Balaban J connectivity index is 1.73. The molecule has 166 valence electrons. The Labute approximate surface area is 181 Å². The number of alkyl carbamates (subject to hydrolysis) is 1. The average Bonchev–Trinajstić information content (AvgIpc) is 3.11. The van der Waals surface area contributed by atoms with E-state index >= 15 is 0 Å². The van der Waals surface area contributed by atoms with E-state index in [9.17, 15) is 14.4 Å². The van der Waals surface area contributed by atoms with Gasteiger partial charge in [0.1, 0.15) is 24.4 Å². The number of imidazole rings is 1. The fourth-order valence-electron chi connectivity index (χ4n) is 3.48. The quantitative estimate of drug-likeness (QED) is 0.557. The summed E-state index contributed by atoms with van der Waals surface area (Å²) in [6.45, 7) is 6.21. The highest BCUT2D eigenvalue weighted by Crippen LogP contribution is 2.18. The molecule has 1 atom stereocenters. The molecule has 0 unspecified atom stereocenters. The van der Waals surface area contributed by atoms with Crippen molar-refractivity contribution in [1.29, 1.82) is 0 Å². The van der Waals surface area contributed by atoms with Crippen LogP contribution in [0.4, 0.5) is 9.59 Å². The third-order valence-electron chi connectivity index (χ3n) is 4.82. The van der Waals surface area contributed by atoms with E-state index in [2.05, 4.69) is 5.32 Å². The number of carbonyl (C=O) groups is 3. The third kappa shape index (κ3) is 5.62. The van der Waals surface area contributed by atoms with Gasteiger partial charge in [0, 0.05) is 19.5 Å². The molecule has 9 nitrogen and oxygen atoms in total. The van der Waals surface area contributed by atoms with Crippen LogP contribution in [0.15, 0.2) is 42.9 Å². The first-order chi connectivity index (χ1) is 14.7. The van der Waals surface area contributed by atoms with Gasteiger partial charge in [-0.25, -0.2) is 19.0 Å². The van der Waals surface area contributed by atoms with E-state index in [0.717, 1.165) is 11.3 Å². The average molecular weight is 429 g/mol. The van der Waals surface area contributed by atoms with Gasteiger partial charge in [0.05, 0.1) is 7.11 Å². The zero-order valence-electron chi connectivity index (χ0n) is 18.3. The first-order valence-electron chi connectivity index (χ1n) is 10.2. The minimum absolute atomic E-state index is 0.147. The van der Waals surface area contributed by atoms with Crippen LogP contribution < -0.4 is 9.88 Å². The van der Waals surface area contributed by atoms with Crippen LogP contribution in [0.1, 0.15) is 32.0 Å². The Hall–Kier alpha value is -3.36. The van der Waals surface area contributed by atoms with Gasteiger partial charge in [-0.2, -0.15) is 0 Å². The van der Waals surface area contributed by atoms with Crippen molar-refractivity contribution in [1.82, 2.24) is 14.8 Å². The maximum absolute atomic E-state index is 13.1. The molecule has 1 N–H and O–H groups in total. The number of fused-ring (bicyclic) bond motifs is 1. The summed E-state index contributed by atoms with van der Waals surface area (Å²) in [6.07, 6.45) is 3.35. The monoisotopic (exact) mass is 429 g/mol. The lowest BCUT2D eigenvalue weighted by molar-refractivity contribution is -0.687. The van der Waals surface area contributed by atoms with Crippen LogP contribution in [-0.4, -0.2) is 59.4 Å². The van der Waals surface area contributed by atoms with Crippen LogP contribution >= 0.6 is 0 Å². The van der Waals surface area contributed by atoms with Gasteiger partial charge in [-0.15, -0.1) is 4.57 Å². The van der Waals surface area contributed by atoms with Gasteiger partial charge in [-0.3, -0.25) is 4.90 Å². The largest absolute Gasteiger partial charge is 0.467 e. The number of nitrogens with zero attached hydrogens (tertiary/aromatic N) is 3. The van der Waals surface area contributed by atoms with Gasteiger partial charge in [0.2, 0.25) is 0 Å². The number of benzene rings is 1. The van der Waals surface area contributed by atoms with Crippen molar-refractivity contribution in [2.45, 2.75) is 45.4 Å². The lowest BCUT2D eigenvalue weighted by Gasteiger charge is -2.31. The number of amides is 2. The number of carbonyl (C=O) groups excluding carboxylic acids is 3. The van der Waals surface area contributed by atoms with E-state index in [0.29, 0.717) is 13.0 Å². The number of rotatable bonds is 6. The molecule has 2 heterocycles. The molecular weight excluding hydrogens is 400 g/mol. The van der Waals surface area contributed by atoms with Crippen LogP contribution in [0.3, 0.4) is 0 Å². The molecule has 1 aliphatic rings. The Kier molecular flexibility index (Phi) is 6.62. The second-order valence-electron chi connectivity index (χ2n) is 8.41. The number of ether oxygens (including phenoxy) is 2. The van der Waals surface area contributed by atoms with Gasteiger partial charge >= 0.3 is 18.1 Å². The zero-order chi connectivity index (χ0) is 22.6. The molecule has 1 aromatic carbocycles. The summed E-state index contributed by atoms with van der Waals surface area (Å²) in [6, 6.07) is 8.80. The molecule has 2 aromatic rings. The highest BCUT2D eigenvalue weighted by Gasteiger charge is 2.41. The van der Waals surface area contributed by atoms with Crippen LogP contribution in [0.25, 0.3) is 0 Å². The molecule has 0 bridgehead atoms. The minimum atomic E-state index is -0.759. The predicted molar refractivity (Wildman–Crippen MR) is 111 cm³/mol. The highest BCUT2D eigenvalue weighted by molar-refractivity contribution is 5.87. The minimum Gasteiger partial charge on any atom is -0.467 e. The van der Waals surface area contributed by atoms with Crippen molar-refractivity contribution in [3.8, 4) is 0 Å². The maximum atomic E-state index is 13.1. The third-order valence-corrected chi connectivity index (χ3v) is 4.82. The van der Waals surface area contributed by atoms with Gasteiger partial charge < -0.3 is 14.8 Å². The van der Waals surface area contributed by atoms with Gasteiger partial charge in [0.25, 0.3) is 6.33 Å². The zero-order valence-corrected chi connectivity index (χ0v) is 18.3. The second kappa shape index (κ2) is 9.20. The lowest BCUT2D eigenvalue weighted by Crippen LogP contribution is -2.54. The van der Waals surface area contributed by atoms with Crippen LogP contribution in [0.5, 0.6) is 0 Å². The van der Waals surface area contributed by atoms with E-state index in [4.69, 9.17) is 9.47 Å². The standard InChI is InChI=1S/C22H28N4O5/c1-22(2,3)31-20(28)23-10-11-25-18(19(27)30-4)12-17-14-24(15-26(17)21(25)29)13-16-8-6-5-7-9-16/h5-9,14-15,18H,10-13H2,1-4H3/p+1/t18-/m0/s1. The van der Waals surface area contributed by atoms with E-state index in [-0.39, 0.29) is 19.1 Å². The van der Waals surface area contributed by atoms with Crippen molar-refractivity contribution in [3.05, 3.63) is 54.1 Å². The summed E-state index contributed by atoms with van der Waals surface area (Å²) in [5.41, 5.74) is 1.21. The second-order valence-corrected chi connectivity index (χ2v) is 8.41.